The fraction of sp³-hybridized carbons (Fsp3) is 0.914. The third kappa shape index (κ3) is 20.6. The van der Waals surface area contributed by atoms with E-state index in [9.17, 15) is 35.4 Å². The first-order valence-electron chi connectivity index (χ1n) is 17.6. The molecule has 0 radical (unpaired) electrons. The molecule has 0 amide bonds. The highest BCUT2D eigenvalue weighted by Gasteiger charge is 2.24. The summed E-state index contributed by atoms with van der Waals surface area (Å²) in [6, 6.07) is 0. The normalized spacial score (nSPS) is 19.5. The van der Waals surface area contributed by atoms with Crippen molar-refractivity contribution in [2.75, 3.05) is 0 Å². The lowest BCUT2D eigenvalue weighted by molar-refractivity contribution is -0.139. The van der Waals surface area contributed by atoms with Crippen LogP contribution in [0.4, 0.5) is 0 Å². The zero-order valence-corrected chi connectivity index (χ0v) is 27.4. The molecule has 0 aliphatic carbocycles. The number of carbonyl (C=O) groups is 1. The van der Waals surface area contributed by atoms with Gasteiger partial charge in [0.2, 0.25) is 0 Å². The van der Waals surface area contributed by atoms with E-state index in [-0.39, 0.29) is 24.9 Å². The minimum Gasteiger partial charge on any atom is -0.455 e. The summed E-state index contributed by atoms with van der Waals surface area (Å²) in [5.41, 5.74) is 0.555. The molecule has 0 aromatic heterocycles. The molecule has 0 aromatic rings. The second-order valence-electron chi connectivity index (χ2n) is 13.1. The van der Waals surface area contributed by atoms with E-state index in [0.29, 0.717) is 50.5 Å². The van der Waals surface area contributed by atoms with Crippen molar-refractivity contribution >= 4 is 5.97 Å². The number of aliphatic hydroxyl groups is 6. The van der Waals surface area contributed by atoms with Gasteiger partial charge in [0.1, 0.15) is 6.10 Å². The Morgan fingerprint density at radius 1 is 0.558 bits per heavy atom. The van der Waals surface area contributed by atoms with Crippen molar-refractivity contribution < 1.29 is 40.2 Å². The minimum atomic E-state index is -0.932. The van der Waals surface area contributed by atoms with Crippen LogP contribution in [-0.4, -0.2) is 79.3 Å². The molecule has 0 bridgehead atoms. The summed E-state index contributed by atoms with van der Waals surface area (Å²) < 4.78 is 5.05. The molecular formula is C35H66O8. The molecular weight excluding hydrogens is 548 g/mol. The fourth-order valence-corrected chi connectivity index (χ4v) is 5.90. The number of carbonyl (C=O) groups excluding carboxylic acids is 1. The molecule has 8 heteroatoms. The number of esters is 1. The van der Waals surface area contributed by atoms with Gasteiger partial charge in [0, 0.05) is 12.0 Å². The average Bonchev–Trinajstić information content (AvgIpc) is 3.29. The molecule has 0 fully saturated rings. The zero-order chi connectivity index (χ0) is 31.9. The van der Waals surface area contributed by atoms with Gasteiger partial charge in [-0.2, -0.15) is 0 Å². The largest absolute Gasteiger partial charge is 0.455 e. The Kier molecular flexibility index (Phi) is 23.4. The van der Waals surface area contributed by atoms with Crippen LogP contribution in [0.15, 0.2) is 11.6 Å². The van der Waals surface area contributed by atoms with Crippen LogP contribution in [0.1, 0.15) is 162 Å². The van der Waals surface area contributed by atoms with Gasteiger partial charge < -0.3 is 35.4 Å². The predicted octanol–water partition coefficient (Wildman–Crippen LogP) is 6.02. The summed E-state index contributed by atoms with van der Waals surface area (Å²) >= 11 is 0. The number of aliphatic hydroxyl groups excluding tert-OH is 6. The van der Waals surface area contributed by atoms with Crippen molar-refractivity contribution in [3.05, 3.63) is 11.6 Å². The van der Waals surface area contributed by atoms with Gasteiger partial charge in [-0.05, 0) is 57.9 Å². The molecule has 1 unspecified atom stereocenters. The maximum Gasteiger partial charge on any atom is 0.334 e. The van der Waals surface area contributed by atoms with Gasteiger partial charge in [-0.1, -0.05) is 103 Å². The van der Waals surface area contributed by atoms with E-state index in [4.69, 9.17) is 4.74 Å². The molecule has 6 N–H and O–H groups in total. The van der Waals surface area contributed by atoms with Crippen LogP contribution in [-0.2, 0) is 9.53 Å². The number of hydrogen-bond donors (Lipinski definition) is 6. The summed E-state index contributed by atoms with van der Waals surface area (Å²) in [7, 11) is 0. The van der Waals surface area contributed by atoms with Crippen molar-refractivity contribution in [3.63, 3.8) is 0 Å². The molecule has 0 saturated carbocycles. The highest BCUT2D eigenvalue weighted by Crippen LogP contribution is 2.21. The SMILES string of the molecule is CCCCCCCCCCCC[C@@H](O)[C@H](O)CC[C@@H](O)[C@H](O)CCCCC(O)CCCCC[C@@H](O)CC1=C[C@H](C)OC1=O. The maximum atomic E-state index is 11.6. The number of hydrogen-bond acceptors (Lipinski definition) is 8. The molecule has 1 aliphatic rings. The van der Waals surface area contributed by atoms with Gasteiger partial charge in [0.05, 0.1) is 36.6 Å². The van der Waals surface area contributed by atoms with Crippen LogP contribution in [0.2, 0.25) is 0 Å². The van der Waals surface area contributed by atoms with E-state index >= 15 is 0 Å². The highest BCUT2D eigenvalue weighted by molar-refractivity contribution is 5.90. The van der Waals surface area contributed by atoms with Crippen molar-refractivity contribution in [1.29, 1.82) is 0 Å². The van der Waals surface area contributed by atoms with E-state index in [2.05, 4.69) is 6.92 Å². The molecule has 0 saturated heterocycles. The molecule has 43 heavy (non-hydrogen) atoms. The molecule has 7 atom stereocenters. The van der Waals surface area contributed by atoms with E-state index in [1.54, 1.807) is 13.0 Å². The second-order valence-corrected chi connectivity index (χ2v) is 13.1. The highest BCUT2D eigenvalue weighted by atomic mass is 16.5. The smallest absolute Gasteiger partial charge is 0.334 e. The molecule has 0 aromatic carbocycles. The predicted molar refractivity (Wildman–Crippen MR) is 172 cm³/mol. The Morgan fingerprint density at radius 3 is 1.42 bits per heavy atom. The maximum absolute atomic E-state index is 11.6. The monoisotopic (exact) mass is 614 g/mol. The molecule has 0 spiro atoms. The van der Waals surface area contributed by atoms with E-state index in [1.165, 1.54) is 51.4 Å². The van der Waals surface area contributed by atoms with Crippen LogP contribution in [0, 0.1) is 0 Å². The van der Waals surface area contributed by atoms with Gasteiger partial charge in [0.25, 0.3) is 0 Å². The summed E-state index contributed by atoms with van der Waals surface area (Å²) in [4.78, 5) is 11.6. The first-order valence-corrected chi connectivity index (χ1v) is 17.6. The number of unbranched alkanes of at least 4 members (excludes halogenated alkanes) is 12. The standard InChI is InChI=1S/C35H66O8/c1-3-4-5-6-7-8-9-10-11-15-21-31(38)33(40)23-24-34(41)32(39)22-17-16-19-29(36)18-13-12-14-20-30(37)26-28-25-27(2)43-35(28)42/h25,27,29-34,36-41H,3-24,26H2,1-2H3/t27-,29?,30+,31+,32+,33+,34+/m0/s1. The Labute approximate surface area is 261 Å². The van der Waals surface area contributed by atoms with Gasteiger partial charge >= 0.3 is 5.97 Å². The summed E-state index contributed by atoms with van der Waals surface area (Å²) in [6.45, 7) is 4.03. The van der Waals surface area contributed by atoms with Crippen LogP contribution in [0.5, 0.6) is 0 Å². The first-order chi connectivity index (χ1) is 20.6. The quantitative estimate of drug-likeness (QED) is 0.0443. The van der Waals surface area contributed by atoms with Gasteiger partial charge in [-0.15, -0.1) is 0 Å². The average molecular weight is 615 g/mol. The zero-order valence-electron chi connectivity index (χ0n) is 27.4. The molecule has 1 rings (SSSR count). The van der Waals surface area contributed by atoms with Crippen LogP contribution < -0.4 is 0 Å². The number of cyclic esters (lactones) is 1. The lowest BCUT2D eigenvalue weighted by atomic mass is 9.96. The van der Waals surface area contributed by atoms with Crippen molar-refractivity contribution in [1.82, 2.24) is 0 Å². The lowest BCUT2D eigenvalue weighted by Crippen LogP contribution is -2.31. The third-order valence-corrected chi connectivity index (χ3v) is 8.81. The van der Waals surface area contributed by atoms with Crippen molar-refractivity contribution in [2.45, 2.75) is 204 Å². The van der Waals surface area contributed by atoms with Gasteiger partial charge in [0.15, 0.2) is 0 Å². The third-order valence-electron chi connectivity index (χ3n) is 8.81. The topological polar surface area (TPSA) is 148 Å². The molecule has 8 nitrogen and oxygen atoms in total. The van der Waals surface area contributed by atoms with Gasteiger partial charge in [-0.3, -0.25) is 0 Å². The number of rotatable bonds is 29. The van der Waals surface area contributed by atoms with E-state index in [0.717, 1.165) is 38.5 Å². The number of ether oxygens (including phenoxy) is 1. The molecule has 1 aliphatic heterocycles. The van der Waals surface area contributed by atoms with E-state index < -0.39 is 36.6 Å². The Bertz CT molecular complexity index is 714. The lowest BCUT2D eigenvalue weighted by Gasteiger charge is -2.22. The van der Waals surface area contributed by atoms with Crippen molar-refractivity contribution in [3.8, 4) is 0 Å². The Hall–Kier alpha value is -1.03. The second kappa shape index (κ2) is 25.2. The molecule has 1 heterocycles. The van der Waals surface area contributed by atoms with Crippen molar-refractivity contribution in [2.24, 2.45) is 0 Å². The Morgan fingerprint density at radius 2 is 0.930 bits per heavy atom. The Balaban J connectivity index is 1.99. The summed E-state index contributed by atoms with van der Waals surface area (Å²) in [6.07, 6.45) is 17.2. The van der Waals surface area contributed by atoms with Crippen LogP contribution >= 0.6 is 0 Å². The summed E-state index contributed by atoms with van der Waals surface area (Å²) in [5, 5.41) is 61.5. The first kappa shape index (κ1) is 40.0. The minimum absolute atomic E-state index is 0.215. The van der Waals surface area contributed by atoms with Crippen LogP contribution in [0.25, 0.3) is 0 Å². The van der Waals surface area contributed by atoms with E-state index in [1.807, 2.05) is 0 Å². The van der Waals surface area contributed by atoms with Gasteiger partial charge in [-0.25, -0.2) is 4.79 Å². The van der Waals surface area contributed by atoms with Crippen LogP contribution in [0.3, 0.4) is 0 Å². The fourth-order valence-electron chi connectivity index (χ4n) is 5.90. The summed E-state index contributed by atoms with van der Waals surface area (Å²) in [5.74, 6) is -0.333. The molecule has 254 valence electrons.